The van der Waals surface area contributed by atoms with Crippen molar-refractivity contribution in [1.29, 1.82) is 0 Å². The summed E-state index contributed by atoms with van der Waals surface area (Å²) in [5, 5.41) is 0. The average molecular weight is 323 g/mol. The van der Waals surface area contributed by atoms with E-state index in [1.807, 2.05) is 0 Å². The maximum Gasteiger partial charge on any atom is -0.0136 e. The molecule has 0 nitrogen and oxygen atoms in total. The Morgan fingerprint density at radius 3 is 1.46 bits per heavy atom. The molecule has 130 valence electrons. The van der Waals surface area contributed by atoms with Crippen LogP contribution in [0.5, 0.6) is 0 Å². The van der Waals surface area contributed by atoms with Crippen molar-refractivity contribution >= 4 is 0 Å². The summed E-state index contributed by atoms with van der Waals surface area (Å²) in [6.07, 6.45) is 27.7. The van der Waals surface area contributed by atoms with Crippen molar-refractivity contribution < 1.29 is 0 Å². The zero-order chi connectivity index (χ0) is 16.5. The van der Waals surface area contributed by atoms with Crippen LogP contribution < -0.4 is 0 Å². The molecule has 4 aliphatic rings. The molecular formula is C24H34. The molecule has 4 rings (SSSR count). The lowest BCUT2D eigenvalue weighted by Crippen LogP contribution is -2.21. The van der Waals surface area contributed by atoms with Gasteiger partial charge in [-0.2, -0.15) is 0 Å². The van der Waals surface area contributed by atoms with Crippen molar-refractivity contribution in [3.05, 3.63) is 48.6 Å². The Balaban J connectivity index is 1.45. The largest absolute Gasteiger partial charge is 0.0808 e. The SMILES string of the molecule is CCC1CC2C=CC=CC2C1CCC1C(CC)CC2C=CC=CC21. The lowest BCUT2D eigenvalue weighted by atomic mass is 9.75. The molecule has 0 amide bonds. The third kappa shape index (κ3) is 2.87. The number of rotatable bonds is 5. The van der Waals surface area contributed by atoms with E-state index in [9.17, 15) is 0 Å². The highest BCUT2D eigenvalue weighted by Crippen LogP contribution is 2.52. The molecule has 0 aliphatic heterocycles. The Bertz CT molecular complexity index is 498. The Morgan fingerprint density at radius 1 is 0.625 bits per heavy atom. The number of hydrogen-bond donors (Lipinski definition) is 0. The van der Waals surface area contributed by atoms with Gasteiger partial charge in [0.25, 0.3) is 0 Å². The van der Waals surface area contributed by atoms with Crippen LogP contribution in [0.4, 0.5) is 0 Å². The lowest BCUT2D eigenvalue weighted by Gasteiger charge is -2.29. The Labute approximate surface area is 148 Å². The van der Waals surface area contributed by atoms with E-state index < -0.39 is 0 Å². The van der Waals surface area contributed by atoms with Crippen LogP contribution in [0.2, 0.25) is 0 Å². The van der Waals surface area contributed by atoms with Gasteiger partial charge < -0.3 is 0 Å². The standard InChI is InChI=1S/C24H34/c1-3-17-15-19-9-5-7-11-21(19)23(17)13-14-24-18(4-2)16-20-10-6-8-12-22(20)24/h5-12,17-24H,3-4,13-16H2,1-2H3. The van der Waals surface area contributed by atoms with Crippen molar-refractivity contribution in [3.63, 3.8) is 0 Å². The lowest BCUT2D eigenvalue weighted by molar-refractivity contribution is 0.240. The Kier molecular flexibility index (Phi) is 4.83. The summed E-state index contributed by atoms with van der Waals surface area (Å²) in [6, 6.07) is 0. The van der Waals surface area contributed by atoms with E-state index >= 15 is 0 Å². The van der Waals surface area contributed by atoms with Gasteiger partial charge in [0.2, 0.25) is 0 Å². The third-order valence-corrected chi connectivity index (χ3v) is 7.83. The molecule has 8 unspecified atom stereocenters. The van der Waals surface area contributed by atoms with Crippen molar-refractivity contribution in [2.24, 2.45) is 47.3 Å². The van der Waals surface area contributed by atoms with E-state index in [0.29, 0.717) is 0 Å². The molecule has 2 fully saturated rings. The fourth-order valence-electron chi connectivity index (χ4n) is 6.59. The van der Waals surface area contributed by atoms with E-state index in [-0.39, 0.29) is 0 Å². The second-order valence-electron chi connectivity index (χ2n) is 8.74. The van der Waals surface area contributed by atoms with Crippen LogP contribution in [0.25, 0.3) is 0 Å². The smallest absolute Gasteiger partial charge is 0.0136 e. The van der Waals surface area contributed by atoms with Gasteiger partial charge in [-0.15, -0.1) is 0 Å². The van der Waals surface area contributed by atoms with Crippen molar-refractivity contribution in [2.75, 3.05) is 0 Å². The van der Waals surface area contributed by atoms with Crippen LogP contribution in [-0.4, -0.2) is 0 Å². The molecule has 0 bridgehead atoms. The normalized spacial score (nSPS) is 45.6. The Morgan fingerprint density at radius 2 is 1.04 bits per heavy atom. The van der Waals surface area contributed by atoms with Gasteiger partial charge in [-0.25, -0.2) is 0 Å². The summed E-state index contributed by atoms with van der Waals surface area (Å²) in [4.78, 5) is 0. The first-order valence-corrected chi connectivity index (χ1v) is 10.5. The summed E-state index contributed by atoms with van der Waals surface area (Å²) in [7, 11) is 0. The van der Waals surface area contributed by atoms with Crippen molar-refractivity contribution in [1.82, 2.24) is 0 Å². The van der Waals surface area contributed by atoms with E-state index in [4.69, 9.17) is 0 Å². The number of hydrogen-bond acceptors (Lipinski definition) is 0. The topological polar surface area (TPSA) is 0 Å². The average Bonchev–Trinajstić information content (AvgIpc) is 3.17. The van der Waals surface area contributed by atoms with Crippen LogP contribution in [0.1, 0.15) is 52.4 Å². The van der Waals surface area contributed by atoms with Crippen LogP contribution >= 0.6 is 0 Å². The summed E-state index contributed by atoms with van der Waals surface area (Å²) in [5.41, 5.74) is 0. The van der Waals surface area contributed by atoms with Crippen molar-refractivity contribution in [3.8, 4) is 0 Å². The first-order chi connectivity index (χ1) is 11.8. The number of allylic oxidation sites excluding steroid dienone is 8. The number of fused-ring (bicyclic) bond motifs is 2. The summed E-state index contributed by atoms with van der Waals surface area (Å²) in [6.45, 7) is 4.83. The Hall–Kier alpha value is -1.04. The molecule has 0 radical (unpaired) electrons. The third-order valence-electron chi connectivity index (χ3n) is 7.83. The van der Waals surface area contributed by atoms with Gasteiger partial charge in [-0.3, -0.25) is 0 Å². The molecule has 0 aromatic rings. The van der Waals surface area contributed by atoms with Gasteiger partial charge in [0.15, 0.2) is 0 Å². The van der Waals surface area contributed by atoms with Gasteiger partial charge in [-0.1, -0.05) is 75.3 Å². The molecule has 24 heavy (non-hydrogen) atoms. The molecule has 2 saturated carbocycles. The quantitative estimate of drug-likeness (QED) is 0.536. The zero-order valence-electron chi connectivity index (χ0n) is 15.5. The highest BCUT2D eigenvalue weighted by Gasteiger charge is 2.43. The molecule has 0 N–H and O–H groups in total. The van der Waals surface area contributed by atoms with E-state index in [0.717, 1.165) is 47.3 Å². The highest BCUT2D eigenvalue weighted by atomic mass is 14.5. The monoisotopic (exact) mass is 322 g/mol. The maximum atomic E-state index is 2.53. The molecule has 0 saturated heterocycles. The minimum Gasteiger partial charge on any atom is -0.0808 e. The molecule has 0 aromatic carbocycles. The van der Waals surface area contributed by atoms with Crippen LogP contribution in [-0.2, 0) is 0 Å². The minimum atomic E-state index is 0.832. The molecular weight excluding hydrogens is 288 g/mol. The predicted octanol–water partition coefficient (Wildman–Crippen LogP) is 6.58. The van der Waals surface area contributed by atoms with Gasteiger partial charge in [0.1, 0.15) is 0 Å². The van der Waals surface area contributed by atoms with Crippen molar-refractivity contribution in [2.45, 2.75) is 52.4 Å². The van der Waals surface area contributed by atoms with Gasteiger partial charge in [-0.05, 0) is 73.0 Å². The first-order valence-electron chi connectivity index (χ1n) is 10.5. The molecule has 4 aliphatic carbocycles. The molecule has 0 aromatic heterocycles. The molecule has 8 atom stereocenters. The molecule has 0 heterocycles. The van der Waals surface area contributed by atoms with Crippen LogP contribution in [0.3, 0.4) is 0 Å². The predicted molar refractivity (Wildman–Crippen MR) is 104 cm³/mol. The second kappa shape index (κ2) is 7.06. The fraction of sp³-hybridized carbons (Fsp3) is 0.667. The van der Waals surface area contributed by atoms with Crippen LogP contribution in [0, 0.1) is 47.3 Å². The summed E-state index contributed by atoms with van der Waals surface area (Å²) >= 11 is 0. The summed E-state index contributed by atoms with van der Waals surface area (Å²) < 4.78 is 0. The summed E-state index contributed by atoms with van der Waals surface area (Å²) in [5.74, 6) is 7.10. The minimum absolute atomic E-state index is 0.832. The zero-order valence-corrected chi connectivity index (χ0v) is 15.5. The first kappa shape index (κ1) is 16.4. The second-order valence-corrected chi connectivity index (χ2v) is 8.74. The molecule has 0 heteroatoms. The van der Waals surface area contributed by atoms with Gasteiger partial charge in [0.05, 0.1) is 0 Å². The van der Waals surface area contributed by atoms with E-state index in [1.54, 1.807) is 0 Å². The van der Waals surface area contributed by atoms with Gasteiger partial charge in [0, 0.05) is 0 Å². The maximum absolute atomic E-state index is 2.53. The highest BCUT2D eigenvalue weighted by molar-refractivity contribution is 5.20. The van der Waals surface area contributed by atoms with Gasteiger partial charge >= 0.3 is 0 Å². The molecule has 0 spiro atoms. The van der Waals surface area contributed by atoms with E-state index in [2.05, 4.69) is 62.5 Å². The fourth-order valence-corrected chi connectivity index (χ4v) is 6.59. The van der Waals surface area contributed by atoms with E-state index in [1.165, 1.54) is 38.5 Å². The van der Waals surface area contributed by atoms with Crippen LogP contribution in [0.15, 0.2) is 48.6 Å².